The van der Waals surface area contributed by atoms with Gasteiger partial charge in [-0.05, 0) is 6.42 Å². The Morgan fingerprint density at radius 2 is 2.06 bits per heavy atom. The number of nitrogens with zero attached hydrogens (tertiary/aromatic N) is 3. The van der Waals surface area contributed by atoms with Crippen LogP contribution in [0, 0.1) is 0 Å². The normalized spacial score (nSPS) is 15.8. The van der Waals surface area contributed by atoms with Crippen molar-refractivity contribution in [1.82, 2.24) is 9.97 Å². The SMILES string of the molecule is CCCNc1cc(N2CCSCC2)nc(CC)n1. The fourth-order valence-electron chi connectivity index (χ4n) is 1.94. The molecular formula is C13H22N4S. The standard InChI is InChI=1S/C13H22N4S/c1-3-5-14-12-10-13(16-11(4-2)15-12)17-6-8-18-9-7-17/h10H,3-9H2,1-2H3,(H,14,15,16). The lowest BCUT2D eigenvalue weighted by Crippen LogP contribution is -2.33. The van der Waals surface area contributed by atoms with Gasteiger partial charge in [0.05, 0.1) is 0 Å². The number of anilines is 2. The van der Waals surface area contributed by atoms with E-state index in [9.17, 15) is 0 Å². The van der Waals surface area contributed by atoms with Gasteiger partial charge >= 0.3 is 0 Å². The number of aryl methyl sites for hydroxylation is 1. The van der Waals surface area contributed by atoms with Gasteiger partial charge in [0.1, 0.15) is 17.5 Å². The number of rotatable bonds is 5. The zero-order valence-corrected chi connectivity index (χ0v) is 12.1. The maximum Gasteiger partial charge on any atom is 0.134 e. The van der Waals surface area contributed by atoms with E-state index in [0.717, 1.165) is 49.9 Å². The third-order valence-corrected chi connectivity index (χ3v) is 3.91. The van der Waals surface area contributed by atoms with Crippen molar-refractivity contribution in [3.63, 3.8) is 0 Å². The summed E-state index contributed by atoms with van der Waals surface area (Å²) in [5, 5.41) is 3.37. The van der Waals surface area contributed by atoms with E-state index in [-0.39, 0.29) is 0 Å². The van der Waals surface area contributed by atoms with Gasteiger partial charge in [0, 0.05) is 43.6 Å². The van der Waals surface area contributed by atoms with Crippen LogP contribution < -0.4 is 10.2 Å². The first-order valence-electron chi connectivity index (χ1n) is 6.78. The van der Waals surface area contributed by atoms with Crippen LogP contribution in [0.3, 0.4) is 0 Å². The first-order chi connectivity index (χ1) is 8.83. The molecule has 1 fully saturated rings. The Morgan fingerprint density at radius 1 is 1.28 bits per heavy atom. The minimum absolute atomic E-state index is 0.886. The molecule has 1 aromatic heterocycles. The van der Waals surface area contributed by atoms with Crippen LogP contribution in [-0.4, -0.2) is 41.1 Å². The highest BCUT2D eigenvalue weighted by Gasteiger charge is 2.14. The molecule has 1 N–H and O–H groups in total. The average molecular weight is 266 g/mol. The molecule has 0 saturated carbocycles. The van der Waals surface area contributed by atoms with Crippen molar-refractivity contribution in [2.24, 2.45) is 0 Å². The second-order valence-corrected chi connectivity index (χ2v) is 5.63. The maximum atomic E-state index is 4.65. The maximum absolute atomic E-state index is 4.65. The summed E-state index contributed by atoms with van der Waals surface area (Å²) < 4.78 is 0. The molecule has 0 radical (unpaired) electrons. The van der Waals surface area contributed by atoms with E-state index >= 15 is 0 Å². The molecule has 100 valence electrons. The zero-order valence-electron chi connectivity index (χ0n) is 11.3. The summed E-state index contributed by atoms with van der Waals surface area (Å²) in [7, 11) is 0. The first kappa shape index (κ1) is 13.5. The Hall–Kier alpha value is -0.970. The van der Waals surface area contributed by atoms with E-state index in [0.29, 0.717) is 0 Å². The first-order valence-corrected chi connectivity index (χ1v) is 7.93. The van der Waals surface area contributed by atoms with E-state index in [1.165, 1.54) is 11.5 Å². The number of nitrogens with one attached hydrogen (secondary N) is 1. The van der Waals surface area contributed by atoms with Gasteiger partial charge in [0.2, 0.25) is 0 Å². The summed E-state index contributed by atoms with van der Waals surface area (Å²) in [6.07, 6.45) is 2.00. The number of hydrogen-bond acceptors (Lipinski definition) is 5. The predicted octanol–water partition coefficient (Wildman–Crippen LogP) is 2.41. The summed E-state index contributed by atoms with van der Waals surface area (Å²) in [5.41, 5.74) is 0. The molecule has 1 saturated heterocycles. The van der Waals surface area contributed by atoms with E-state index < -0.39 is 0 Å². The van der Waals surface area contributed by atoms with Gasteiger partial charge in [-0.15, -0.1) is 0 Å². The van der Waals surface area contributed by atoms with Crippen LogP contribution in [0.2, 0.25) is 0 Å². The molecular weight excluding hydrogens is 244 g/mol. The van der Waals surface area contributed by atoms with Crippen LogP contribution in [-0.2, 0) is 6.42 Å². The number of thioether (sulfide) groups is 1. The van der Waals surface area contributed by atoms with Crippen molar-refractivity contribution in [1.29, 1.82) is 0 Å². The molecule has 4 nitrogen and oxygen atoms in total. The Labute approximate surface area is 114 Å². The summed E-state index contributed by atoms with van der Waals surface area (Å²) in [6, 6.07) is 2.09. The average Bonchev–Trinajstić information content (AvgIpc) is 2.45. The molecule has 5 heteroatoms. The van der Waals surface area contributed by atoms with Crippen LogP contribution in [0.25, 0.3) is 0 Å². The van der Waals surface area contributed by atoms with Gasteiger partial charge in [0.15, 0.2) is 0 Å². The third kappa shape index (κ3) is 3.51. The molecule has 0 atom stereocenters. The molecule has 1 aliphatic heterocycles. The lowest BCUT2D eigenvalue weighted by atomic mass is 10.3. The van der Waals surface area contributed by atoms with Crippen molar-refractivity contribution in [2.45, 2.75) is 26.7 Å². The van der Waals surface area contributed by atoms with Crippen molar-refractivity contribution < 1.29 is 0 Å². The molecule has 1 aliphatic rings. The van der Waals surface area contributed by atoms with Gasteiger partial charge in [-0.2, -0.15) is 11.8 Å². The van der Waals surface area contributed by atoms with E-state index in [2.05, 4.69) is 40.1 Å². The van der Waals surface area contributed by atoms with Crippen molar-refractivity contribution in [3.05, 3.63) is 11.9 Å². The van der Waals surface area contributed by atoms with Gasteiger partial charge in [-0.1, -0.05) is 13.8 Å². The highest BCUT2D eigenvalue weighted by molar-refractivity contribution is 7.99. The minimum Gasteiger partial charge on any atom is -0.370 e. The fourth-order valence-corrected chi connectivity index (χ4v) is 2.84. The van der Waals surface area contributed by atoms with Crippen LogP contribution in [0.1, 0.15) is 26.1 Å². The summed E-state index contributed by atoms with van der Waals surface area (Å²) >= 11 is 2.02. The molecule has 2 rings (SSSR count). The molecule has 0 amide bonds. The largest absolute Gasteiger partial charge is 0.370 e. The Bertz CT molecular complexity index is 377. The lowest BCUT2D eigenvalue weighted by Gasteiger charge is -2.28. The predicted molar refractivity (Wildman–Crippen MR) is 79.7 cm³/mol. The number of hydrogen-bond donors (Lipinski definition) is 1. The second-order valence-electron chi connectivity index (χ2n) is 4.41. The lowest BCUT2D eigenvalue weighted by molar-refractivity contribution is 0.816. The molecule has 0 unspecified atom stereocenters. The van der Waals surface area contributed by atoms with Gasteiger partial charge < -0.3 is 10.2 Å². The molecule has 18 heavy (non-hydrogen) atoms. The van der Waals surface area contributed by atoms with Gasteiger partial charge in [-0.25, -0.2) is 9.97 Å². The van der Waals surface area contributed by atoms with E-state index in [4.69, 9.17) is 0 Å². The molecule has 2 heterocycles. The van der Waals surface area contributed by atoms with Gasteiger partial charge in [0.25, 0.3) is 0 Å². The second kappa shape index (κ2) is 6.83. The monoisotopic (exact) mass is 266 g/mol. The van der Waals surface area contributed by atoms with Crippen molar-refractivity contribution in [2.75, 3.05) is 41.4 Å². The van der Waals surface area contributed by atoms with Crippen LogP contribution in [0.4, 0.5) is 11.6 Å². The van der Waals surface area contributed by atoms with E-state index in [1.54, 1.807) is 0 Å². The van der Waals surface area contributed by atoms with E-state index in [1.807, 2.05) is 11.8 Å². The van der Waals surface area contributed by atoms with Crippen LogP contribution >= 0.6 is 11.8 Å². The zero-order chi connectivity index (χ0) is 12.8. The minimum atomic E-state index is 0.886. The Balaban J connectivity index is 2.16. The number of aromatic nitrogens is 2. The highest BCUT2D eigenvalue weighted by atomic mass is 32.2. The van der Waals surface area contributed by atoms with Crippen LogP contribution in [0.15, 0.2) is 6.07 Å². The summed E-state index contributed by atoms with van der Waals surface area (Å²) in [5.74, 6) is 5.38. The third-order valence-electron chi connectivity index (χ3n) is 2.97. The molecule has 0 aromatic carbocycles. The van der Waals surface area contributed by atoms with Crippen LogP contribution in [0.5, 0.6) is 0 Å². The Morgan fingerprint density at radius 3 is 2.72 bits per heavy atom. The Kier molecular flexibility index (Phi) is 5.11. The molecule has 0 aliphatic carbocycles. The van der Waals surface area contributed by atoms with Crippen molar-refractivity contribution >= 4 is 23.4 Å². The van der Waals surface area contributed by atoms with Crippen molar-refractivity contribution in [3.8, 4) is 0 Å². The molecule has 0 bridgehead atoms. The fraction of sp³-hybridized carbons (Fsp3) is 0.692. The molecule has 1 aromatic rings. The quantitative estimate of drug-likeness (QED) is 0.886. The highest BCUT2D eigenvalue weighted by Crippen LogP contribution is 2.20. The summed E-state index contributed by atoms with van der Waals surface area (Å²) in [4.78, 5) is 11.5. The topological polar surface area (TPSA) is 41.0 Å². The summed E-state index contributed by atoms with van der Waals surface area (Å²) in [6.45, 7) is 7.43. The van der Waals surface area contributed by atoms with Gasteiger partial charge in [-0.3, -0.25) is 0 Å². The molecule has 0 spiro atoms. The smallest absolute Gasteiger partial charge is 0.134 e.